The Labute approximate surface area is 134 Å². The molecule has 0 radical (unpaired) electrons. The summed E-state index contributed by atoms with van der Waals surface area (Å²) in [5.41, 5.74) is 9.71. The molecule has 1 aromatic carbocycles. The SMILES string of the molecule is CC(C)CC(CN)NC(=O)Cc1ccc2c(c1)CCC2.Cl. The fraction of sp³-hybridized carbons (Fsp3) is 0.588. The minimum absolute atomic E-state index is 0. The first-order valence-corrected chi connectivity index (χ1v) is 7.68. The molecule has 21 heavy (non-hydrogen) atoms. The number of nitrogens with one attached hydrogen (secondary N) is 1. The minimum Gasteiger partial charge on any atom is -0.352 e. The van der Waals surface area contributed by atoms with Crippen molar-refractivity contribution in [1.29, 1.82) is 0 Å². The van der Waals surface area contributed by atoms with Gasteiger partial charge in [0.05, 0.1) is 6.42 Å². The van der Waals surface area contributed by atoms with E-state index >= 15 is 0 Å². The summed E-state index contributed by atoms with van der Waals surface area (Å²) < 4.78 is 0. The molecule has 0 saturated heterocycles. The zero-order valence-electron chi connectivity index (χ0n) is 13.0. The van der Waals surface area contributed by atoms with E-state index in [0.29, 0.717) is 18.9 Å². The van der Waals surface area contributed by atoms with Crippen LogP contribution in [0, 0.1) is 5.92 Å². The van der Waals surface area contributed by atoms with Gasteiger partial charge in [-0.2, -0.15) is 0 Å². The van der Waals surface area contributed by atoms with Crippen molar-refractivity contribution in [2.45, 2.75) is 52.0 Å². The van der Waals surface area contributed by atoms with Gasteiger partial charge in [0.25, 0.3) is 0 Å². The van der Waals surface area contributed by atoms with E-state index in [1.54, 1.807) is 0 Å². The Kier molecular flexibility index (Phi) is 7.20. The lowest BCUT2D eigenvalue weighted by Gasteiger charge is -2.19. The predicted octanol–water partition coefficient (Wildman–Crippen LogP) is 2.63. The van der Waals surface area contributed by atoms with E-state index < -0.39 is 0 Å². The maximum atomic E-state index is 12.1. The summed E-state index contributed by atoms with van der Waals surface area (Å²) in [6.07, 6.45) is 4.98. The van der Waals surface area contributed by atoms with Crippen LogP contribution in [-0.4, -0.2) is 18.5 Å². The van der Waals surface area contributed by atoms with Gasteiger partial charge in [-0.05, 0) is 48.3 Å². The van der Waals surface area contributed by atoms with Gasteiger partial charge in [0.1, 0.15) is 0 Å². The Morgan fingerprint density at radius 2 is 2.00 bits per heavy atom. The zero-order valence-corrected chi connectivity index (χ0v) is 13.8. The van der Waals surface area contributed by atoms with Gasteiger partial charge in [0.15, 0.2) is 0 Å². The second-order valence-electron chi connectivity index (χ2n) is 6.26. The topological polar surface area (TPSA) is 55.1 Å². The largest absolute Gasteiger partial charge is 0.352 e. The summed E-state index contributed by atoms with van der Waals surface area (Å²) in [6.45, 7) is 4.80. The van der Waals surface area contributed by atoms with Gasteiger partial charge in [-0.1, -0.05) is 32.0 Å². The molecule has 1 unspecified atom stereocenters. The first kappa shape index (κ1) is 18.0. The smallest absolute Gasteiger partial charge is 0.224 e. The van der Waals surface area contributed by atoms with Crippen molar-refractivity contribution in [3.05, 3.63) is 34.9 Å². The minimum atomic E-state index is 0. The number of amides is 1. The molecule has 1 amide bonds. The molecular formula is C17H27ClN2O. The highest BCUT2D eigenvalue weighted by Crippen LogP contribution is 2.23. The average molecular weight is 311 g/mol. The number of carbonyl (C=O) groups excluding carboxylic acids is 1. The van der Waals surface area contributed by atoms with Crippen LogP contribution in [0.25, 0.3) is 0 Å². The number of halogens is 1. The number of hydrogen-bond acceptors (Lipinski definition) is 2. The van der Waals surface area contributed by atoms with E-state index in [9.17, 15) is 4.79 Å². The number of hydrogen-bond donors (Lipinski definition) is 2. The van der Waals surface area contributed by atoms with Crippen LogP contribution in [-0.2, 0) is 24.1 Å². The molecule has 0 bridgehead atoms. The summed E-state index contributed by atoms with van der Waals surface area (Å²) in [4.78, 5) is 12.1. The maximum absolute atomic E-state index is 12.1. The van der Waals surface area contributed by atoms with Crippen LogP contribution >= 0.6 is 12.4 Å². The molecular weight excluding hydrogens is 284 g/mol. The Hall–Kier alpha value is -1.06. The predicted molar refractivity (Wildman–Crippen MR) is 89.9 cm³/mol. The molecule has 1 atom stereocenters. The number of benzene rings is 1. The summed E-state index contributed by atoms with van der Waals surface area (Å²) in [5.74, 6) is 0.628. The molecule has 0 aliphatic heterocycles. The number of aryl methyl sites for hydroxylation is 2. The highest BCUT2D eigenvalue weighted by atomic mass is 35.5. The quantitative estimate of drug-likeness (QED) is 0.848. The highest BCUT2D eigenvalue weighted by molar-refractivity contribution is 5.85. The van der Waals surface area contributed by atoms with Gasteiger partial charge in [0, 0.05) is 12.6 Å². The number of nitrogens with two attached hydrogens (primary N) is 1. The van der Waals surface area contributed by atoms with E-state index in [2.05, 4.69) is 37.4 Å². The van der Waals surface area contributed by atoms with Gasteiger partial charge in [-0.3, -0.25) is 4.79 Å². The van der Waals surface area contributed by atoms with E-state index in [0.717, 1.165) is 18.4 Å². The molecule has 0 fully saturated rings. The lowest BCUT2D eigenvalue weighted by Crippen LogP contribution is -2.41. The molecule has 0 spiro atoms. The molecule has 118 valence electrons. The van der Waals surface area contributed by atoms with Crippen molar-refractivity contribution >= 4 is 18.3 Å². The molecule has 1 aliphatic carbocycles. The van der Waals surface area contributed by atoms with Gasteiger partial charge in [-0.25, -0.2) is 0 Å². The van der Waals surface area contributed by atoms with Crippen LogP contribution in [0.3, 0.4) is 0 Å². The summed E-state index contributed by atoms with van der Waals surface area (Å²) >= 11 is 0. The molecule has 0 aromatic heterocycles. The molecule has 0 saturated carbocycles. The van der Waals surface area contributed by atoms with Crippen LogP contribution in [0.4, 0.5) is 0 Å². The summed E-state index contributed by atoms with van der Waals surface area (Å²) in [7, 11) is 0. The van der Waals surface area contributed by atoms with Crippen LogP contribution in [0.2, 0.25) is 0 Å². The summed E-state index contributed by atoms with van der Waals surface area (Å²) in [6, 6.07) is 6.56. The molecule has 1 aliphatic rings. The zero-order chi connectivity index (χ0) is 14.5. The Balaban J connectivity index is 0.00000220. The molecule has 2 rings (SSSR count). The highest BCUT2D eigenvalue weighted by Gasteiger charge is 2.15. The normalized spacial score (nSPS) is 14.5. The third-order valence-corrected chi connectivity index (χ3v) is 3.93. The standard InChI is InChI=1S/C17H26N2O.ClH/c1-12(2)8-16(11-18)19-17(20)10-13-6-7-14-4-3-5-15(14)9-13;/h6-7,9,12,16H,3-5,8,10-11,18H2,1-2H3,(H,19,20);1H. The Bertz CT molecular complexity index is 474. The number of carbonyl (C=O) groups is 1. The van der Waals surface area contributed by atoms with Crippen LogP contribution < -0.4 is 11.1 Å². The Morgan fingerprint density at radius 1 is 1.29 bits per heavy atom. The van der Waals surface area contributed by atoms with Gasteiger partial charge in [-0.15, -0.1) is 12.4 Å². The number of rotatable bonds is 6. The van der Waals surface area contributed by atoms with Crippen molar-refractivity contribution in [2.24, 2.45) is 11.7 Å². The first-order chi connectivity index (χ1) is 9.58. The third kappa shape index (κ3) is 5.33. The van der Waals surface area contributed by atoms with Crippen molar-refractivity contribution in [2.75, 3.05) is 6.54 Å². The molecule has 3 N–H and O–H groups in total. The first-order valence-electron chi connectivity index (χ1n) is 7.68. The second-order valence-corrected chi connectivity index (χ2v) is 6.26. The van der Waals surface area contributed by atoms with Crippen molar-refractivity contribution in [3.8, 4) is 0 Å². The van der Waals surface area contributed by atoms with E-state index in [4.69, 9.17) is 5.73 Å². The van der Waals surface area contributed by atoms with E-state index in [1.165, 1.54) is 24.0 Å². The monoisotopic (exact) mass is 310 g/mol. The lowest BCUT2D eigenvalue weighted by molar-refractivity contribution is -0.121. The van der Waals surface area contributed by atoms with E-state index in [1.807, 2.05) is 0 Å². The maximum Gasteiger partial charge on any atom is 0.224 e. The fourth-order valence-electron chi connectivity index (χ4n) is 2.98. The van der Waals surface area contributed by atoms with Gasteiger partial charge >= 0.3 is 0 Å². The average Bonchev–Trinajstić information content (AvgIpc) is 2.84. The van der Waals surface area contributed by atoms with E-state index in [-0.39, 0.29) is 24.4 Å². The van der Waals surface area contributed by atoms with Crippen LogP contribution in [0.1, 0.15) is 43.4 Å². The fourth-order valence-corrected chi connectivity index (χ4v) is 2.98. The third-order valence-electron chi connectivity index (χ3n) is 3.93. The Morgan fingerprint density at radius 3 is 2.67 bits per heavy atom. The van der Waals surface area contributed by atoms with Crippen molar-refractivity contribution < 1.29 is 4.79 Å². The lowest BCUT2D eigenvalue weighted by atomic mass is 10.0. The van der Waals surface area contributed by atoms with Crippen molar-refractivity contribution in [3.63, 3.8) is 0 Å². The van der Waals surface area contributed by atoms with Crippen LogP contribution in [0.5, 0.6) is 0 Å². The molecule has 1 aromatic rings. The molecule has 3 nitrogen and oxygen atoms in total. The molecule has 0 heterocycles. The number of fused-ring (bicyclic) bond motifs is 1. The van der Waals surface area contributed by atoms with Crippen LogP contribution in [0.15, 0.2) is 18.2 Å². The second kappa shape index (κ2) is 8.40. The summed E-state index contributed by atoms with van der Waals surface area (Å²) in [5, 5.41) is 3.05. The van der Waals surface area contributed by atoms with Gasteiger partial charge in [0.2, 0.25) is 5.91 Å². The van der Waals surface area contributed by atoms with Gasteiger partial charge < -0.3 is 11.1 Å². The van der Waals surface area contributed by atoms with Crippen molar-refractivity contribution in [1.82, 2.24) is 5.32 Å². The molecule has 4 heteroatoms.